The molecule has 2 fully saturated rings. The fourth-order valence-corrected chi connectivity index (χ4v) is 4.44. The minimum Gasteiger partial charge on any atom is -0.393 e. The molecule has 2 heteroatoms. The molecule has 0 spiro atoms. The zero-order valence-corrected chi connectivity index (χ0v) is 13.8. The van der Waals surface area contributed by atoms with Gasteiger partial charge in [0.2, 0.25) is 0 Å². The second-order valence-electron chi connectivity index (χ2n) is 7.20. The number of fused-ring (bicyclic) bond motifs is 5. The Balaban J connectivity index is 1.99. The van der Waals surface area contributed by atoms with Crippen molar-refractivity contribution in [3.8, 4) is 0 Å². The van der Waals surface area contributed by atoms with Crippen molar-refractivity contribution in [2.45, 2.75) is 64.6 Å². The van der Waals surface area contributed by atoms with E-state index >= 15 is 0 Å². The van der Waals surface area contributed by atoms with Crippen LogP contribution in [0.5, 0.6) is 0 Å². The second-order valence-corrected chi connectivity index (χ2v) is 7.20. The average molecular weight is 370 g/mol. The molecule has 5 rings (SSSR count). The van der Waals surface area contributed by atoms with Crippen molar-refractivity contribution in [1.82, 2.24) is 4.98 Å². The van der Waals surface area contributed by atoms with E-state index in [9.17, 15) is 7.85 Å². The third-order valence-corrected chi connectivity index (χ3v) is 5.80. The highest BCUT2D eigenvalue weighted by molar-refractivity contribution is 5.72. The van der Waals surface area contributed by atoms with Gasteiger partial charge in [0.15, 0.2) is 0 Å². The molecule has 0 amide bonds. The van der Waals surface area contributed by atoms with E-state index in [2.05, 4.69) is 4.98 Å². The van der Waals surface area contributed by atoms with Crippen molar-refractivity contribution < 1.29 is 32.5 Å². The minimum absolute atomic E-state index is 0.631. The summed E-state index contributed by atoms with van der Waals surface area (Å²) in [7, 11) is 0. The number of hydrogen-bond donors (Lipinski definition) is 1. The molecule has 0 aliphatic heterocycles. The highest BCUT2D eigenvalue weighted by Gasteiger charge is 2.56. The van der Waals surface area contributed by atoms with Gasteiger partial charge in [-0.2, -0.15) is 0 Å². The summed E-state index contributed by atoms with van der Waals surface area (Å²) < 4.78 is 176. The van der Waals surface area contributed by atoms with Crippen molar-refractivity contribution in [3.63, 3.8) is 0 Å². The predicted octanol–water partition coefficient (Wildman–Crippen LogP) is 5.40. The molecule has 2 nitrogen and oxygen atoms in total. The maximum absolute atomic E-state index is 10.5. The molecule has 3 unspecified atom stereocenters. The average Bonchev–Trinajstić information content (AvgIpc) is 3.03. The van der Waals surface area contributed by atoms with Gasteiger partial charge in [-0.25, -0.2) is 0 Å². The number of nitrogens with zero attached hydrogens (tertiary/aromatic N) is 1. The third-order valence-electron chi connectivity index (χ3n) is 5.80. The summed E-state index contributed by atoms with van der Waals surface area (Å²) in [5.74, 6) is -6.84. The van der Waals surface area contributed by atoms with Crippen LogP contribution in [0.1, 0.15) is 91.4 Å². The van der Waals surface area contributed by atoms with E-state index in [0.29, 0.717) is 0 Å². The number of rotatable bonds is 1. The van der Waals surface area contributed by atoms with Crippen LogP contribution in [0.4, 0.5) is 0 Å². The minimum atomic E-state index is -3.71. The van der Waals surface area contributed by atoms with E-state index in [1.165, 1.54) is 0 Å². The monoisotopic (exact) mass is 369 g/mol. The first kappa shape index (κ1) is 5.80. The van der Waals surface area contributed by atoms with Crippen LogP contribution in [-0.2, 0) is 0 Å². The first-order chi connectivity index (χ1) is 20.5. The zero-order valence-electron chi connectivity index (χ0n) is 33.8. The van der Waals surface area contributed by atoms with E-state index < -0.39 is 146 Å². The second kappa shape index (κ2) is 5.79. The molecule has 6 atom stereocenters. The van der Waals surface area contributed by atoms with Gasteiger partial charge >= 0.3 is 0 Å². The first-order valence-corrected chi connectivity index (χ1v) is 8.56. The van der Waals surface area contributed by atoms with E-state index in [1.54, 1.807) is 0 Å². The Morgan fingerprint density at radius 1 is 1.19 bits per heavy atom. The number of aliphatic hydroxyl groups excluding tert-OH is 1. The lowest BCUT2D eigenvalue weighted by molar-refractivity contribution is -0.0238. The number of aromatic nitrogens is 1. The molecule has 1 heterocycles. The van der Waals surface area contributed by atoms with Crippen molar-refractivity contribution in [1.29, 1.82) is 0 Å². The van der Waals surface area contributed by atoms with Gasteiger partial charge in [0.05, 0.1) is 14.3 Å². The number of hydrogen-bond acceptors (Lipinski definition) is 2. The smallest absolute Gasteiger partial charge is 0.0846 e. The van der Waals surface area contributed by atoms with Crippen LogP contribution < -0.4 is 0 Å². The molecule has 138 valence electrons. The quantitative estimate of drug-likeness (QED) is 0.672. The Hall–Kier alpha value is -1.41. The molecule has 0 aromatic carbocycles. The van der Waals surface area contributed by atoms with Gasteiger partial charge in [-0.3, -0.25) is 4.98 Å². The Kier molecular flexibility index (Phi) is 1.29. The van der Waals surface area contributed by atoms with E-state index in [-0.39, 0.29) is 0 Å². The van der Waals surface area contributed by atoms with Gasteiger partial charge in [0.25, 0.3) is 0 Å². The van der Waals surface area contributed by atoms with Gasteiger partial charge in [-0.05, 0) is 90.5 Å². The van der Waals surface area contributed by atoms with Gasteiger partial charge in [-0.15, -0.1) is 0 Å². The molecule has 1 aromatic heterocycles. The Morgan fingerprint density at radius 2 is 2.08 bits per heavy atom. The molecule has 0 saturated heterocycles. The largest absolute Gasteiger partial charge is 0.393 e. The maximum Gasteiger partial charge on any atom is 0.0846 e. The van der Waals surface area contributed by atoms with E-state index in [4.69, 9.17) is 24.7 Å². The van der Waals surface area contributed by atoms with Gasteiger partial charge < -0.3 is 5.11 Å². The Bertz CT molecular complexity index is 1570. The predicted molar refractivity (Wildman–Crippen MR) is 105 cm³/mol. The summed E-state index contributed by atoms with van der Waals surface area (Å²) in [6, 6.07) is -4.34. The zero-order chi connectivity index (χ0) is 35.3. The standard InChI is InChI=1S/C24H31NO/c1-23-11-9-18(26)14-17(23)5-6-19-21-8-7-20(16-4-3-13-25-15-16)24(21,2)12-10-22(19)23/h3-5,7,13,15,18-19,21-22,26H,6,8-12,14H2,1-2H3/t18-,19?,21?,22?,23-,24+/m0/s1/i1D3,2D3,3D,4D,5D,6D2,7D,8D2,11D2,12D2,13D,15D. The van der Waals surface area contributed by atoms with Crippen molar-refractivity contribution in [3.05, 3.63) is 47.7 Å². The van der Waals surface area contributed by atoms with Crippen molar-refractivity contribution in [2.24, 2.45) is 28.6 Å². The van der Waals surface area contributed by atoms with Crippen LogP contribution in [-0.4, -0.2) is 16.2 Å². The highest BCUT2D eigenvalue weighted by atomic mass is 16.3. The summed E-state index contributed by atoms with van der Waals surface area (Å²) in [5.41, 5.74) is -8.81. The third kappa shape index (κ3) is 2.24. The molecule has 4 aliphatic carbocycles. The Morgan fingerprint density at radius 3 is 2.96 bits per heavy atom. The number of pyridine rings is 1. The van der Waals surface area contributed by atoms with Crippen LogP contribution in [0, 0.1) is 28.6 Å². The fraction of sp³-hybridized carbons (Fsp3) is 0.625. The summed E-state index contributed by atoms with van der Waals surface area (Å²) in [6.07, 6.45) is -18.9. The SMILES string of the molecule is [2H]C1=C2C[C@@H](O)CC([2H])([2H])[C@]2(C([2H])([2H])[2H])C2CC([2H])([2H])[C@]3(C([2H])([2H])[2H])C(c4c([2H])nc([2H])c([2H])c4[2H])=C([2H])C([2H])([2H])C3C2C1([2H])[2H]. The molecular weight excluding hydrogens is 318 g/mol. The van der Waals surface area contributed by atoms with E-state index in [0.717, 1.165) is 0 Å². The highest BCUT2D eigenvalue weighted by Crippen LogP contribution is 2.66. The molecule has 2 saturated carbocycles. The summed E-state index contributed by atoms with van der Waals surface area (Å²) >= 11 is 0. The van der Waals surface area contributed by atoms with Crippen LogP contribution in [0.25, 0.3) is 5.57 Å². The lowest BCUT2D eigenvalue weighted by atomic mass is 9.47. The molecule has 26 heavy (non-hydrogen) atoms. The normalized spacial score (nSPS) is 65.1. The van der Waals surface area contributed by atoms with Crippen LogP contribution in [0.15, 0.2) is 42.1 Å². The van der Waals surface area contributed by atoms with Gasteiger partial charge in [0.1, 0.15) is 0 Å². The van der Waals surface area contributed by atoms with Crippen LogP contribution >= 0.6 is 0 Å². The molecule has 0 radical (unpaired) electrons. The lowest BCUT2D eigenvalue weighted by Gasteiger charge is -2.57. The van der Waals surface area contributed by atoms with Crippen LogP contribution in [0.3, 0.4) is 0 Å². The molecule has 4 aliphatic rings. The van der Waals surface area contributed by atoms with Gasteiger partial charge in [0, 0.05) is 31.5 Å². The number of aliphatic hydroxyl groups is 1. The van der Waals surface area contributed by atoms with Gasteiger partial charge in [-0.1, -0.05) is 37.4 Å². The topological polar surface area (TPSA) is 33.1 Å². The van der Waals surface area contributed by atoms with Crippen molar-refractivity contribution >= 4 is 5.57 Å². The maximum atomic E-state index is 10.5. The molecular formula is C24H31NO. The summed E-state index contributed by atoms with van der Waals surface area (Å²) in [5, 5.41) is 10.5. The van der Waals surface area contributed by atoms with Crippen molar-refractivity contribution in [2.75, 3.05) is 0 Å². The molecule has 1 N–H and O–H groups in total. The molecule has 1 aromatic rings. The molecule has 0 bridgehead atoms. The fourth-order valence-electron chi connectivity index (χ4n) is 4.44. The number of allylic oxidation sites excluding steroid dienone is 3. The lowest BCUT2D eigenvalue weighted by Crippen LogP contribution is -2.49. The van der Waals surface area contributed by atoms with E-state index in [1.807, 2.05) is 0 Å². The Labute approximate surface area is 185 Å². The first-order valence-electron chi connectivity index (χ1n) is 18.6. The summed E-state index contributed by atoms with van der Waals surface area (Å²) in [6.45, 7) is -7.16. The summed E-state index contributed by atoms with van der Waals surface area (Å²) in [4.78, 5) is 3.53. The van der Waals surface area contributed by atoms with Crippen LogP contribution in [0.2, 0.25) is 0 Å².